The molecular formula is C12H14LiN. The van der Waals surface area contributed by atoms with E-state index < -0.39 is 0 Å². The molecule has 68 valence electrons. The van der Waals surface area contributed by atoms with Gasteiger partial charge in [0.2, 0.25) is 0 Å². The van der Waals surface area contributed by atoms with Gasteiger partial charge in [-0.15, -0.1) is 13.1 Å². The predicted octanol–water partition coefficient (Wildman–Crippen LogP) is -0.328. The summed E-state index contributed by atoms with van der Waals surface area (Å²) in [5, 5.41) is 0. The fraction of sp³-hybridized carbons (Fsp3) is 0.167. The van der Waals surface area contributed by atoms with Crippen LogP contribution in [-0.2, 0) is 0 Å². The van der Waals surface area contributed by atoms with Gasteiger partial charge in [0, 0.05) is 12.2 Å². The van der Waals surface area contributed by atoms with Crippen molar-refractivity contribution in [3.63, 3.8) is 0 Å². The topological polar surface area (TPSA) is 3.24 Å². The first kappa shape index (κ1) is 13.1. The fourth-order valence-electron chi connectivity index (χ4n) is 1.19. The van der Waals surface area contributed by atoms with Crippen LogP contribution in [-0.4, -0.2) is 13.1 Å². The van der Waals surface area contributed by atoms with Gasteiger partial charge >= 0.3 is 18.9 Å². The van der Waals surface area contributed by atoms with Crippen molar-refractivity contribution in [1.29, 1.82) is 0 Å². The van der Waals surface area contributed by atoms with Crippen molar-refractivity contribution in [2.45, 2.75) is 0 Å². The van der Waals surface area contributed by atoms with Gasteiger partial charge < -0.3 is 11.0 Å². The van der Waals surface area contributed by atoms with Crippen LogP contribution in [0.4, 0.5) is 5.69 Å². The fourth-order valence-corrected chi connectivity index (χ4v) is 1.19. The van der Waals surface area contributed by atoms with Crippen LogP contribution >= 0.6 is 0 Å². The molecule has 0 aliphatic heterocycles. The predicted molar refractivity (Wildman–Crippen MR) is 57.7 cm³/mol. The Bertz CT molecular complexity index is 259. The van der Waals surface area contributed by atoms with Gasteiger partial charge in [0.05, 0.1) is 0 Å². The van der Waals surface area contributed by atoms with Crippen LogP contribution in [0.3, 0.4) is 0 Å². The molecule has 0 radical (unpaired) electrons. The van der Waals surface area contributed by atoms with Crippen molar-refractivity contribution >= 4 is 5.69 Å². The zero-order valence-corrected chi connectivity index (χ0v) is 8.74. The van der Waals surface area contributed by atoms with E-state index in [9.17, 15) is 0 Å². The summed E-state index contributed by atoms with van der Waals surface area (Å²) in [6, 6.07) is 10.2. The van der Waals surface area contributed by atoms with Crippen LogP contribution in [0.2, 0.25) is 0 Å². The standard InChI is InChI=1S/C12H14N.Li/c1-3-10-13(11-4-2)12-8-6-5-7-9-12;/h3,5-9H,1-2,10-11H2;/q-1;+1. The van der Waals surface area contributed by atoms with Crippen molar-refractivity contribution in [2.75, 3.05) is 18.0 Å². The molecule has 0 aliphatic rings. The summed E-state index contributed by atoms with van der Waals surface area (Å²) in [5.41, 5.74) is 1.18. The number of hydrogen-bond acceptors (Lipinski definition) is 1. The van der Waals surface area contributed by atoms with Gasteiger partial charge in [-0.3, -0.25) is 6.58 Å². The van der Waals surface area contributed by atoms with Gasteiger partial charge in [0.25, 0.3) is 0 Å². The molecule has 0 bridgehead atoms. The van der Waals surface area contributed by atoms with Crippen molar-refractivity contribution in [2.24, 2.45) is 0 Å². The monoisotopic (exact) mass is 179 g/mol. The van der Waals surface area contributed by atoms with E-state index >= 15 is 0 Å². The van der Waals surface area contributed by atoms with E-state index in [1.165, 1.54) is 5.69 Å². The maximum Gasteiger partial charge on any atom is 1.00 e. The quantitative estimate of drug-likeness (QED) is 0.340. The number of rotatable bonds is 5. The second kappa shape index (κ2) is 7.50. The van der Waals surface area contributed by atoms with Crippen molar-refractivity contribution < 1.29 is 18.9 Å². The number of hydrogen-bond donors (Lipinski definition) is 0. The normalized spacial score (nSPS) is 8.57. The molecule has 0 saturated carbocycles. The Hall–Kier alpha value is -0.903. The minimum atomic E-state index is 0. The molecule has 0 saturated heterocycles. The second-order valence-electron chi connectivity index (χ2n) is 2.75. The number of benzene rings is 1. The average molecular weight is 179 g/mol. The maximum atomic E-state index is 3.72. The first-order chi connectivity index (χ1) is 6.38. The molecule has 2 heteroatoms. The first-order valence-corrected chi connectivity index (χ1v) is 4.29. The third-order valence-corrected chi connectivity index (χ3v) is 1.77. The smallest absolute Gasteiger partial charge is 0.484 e. The van der Waals surface area contributed by atoms with E-state index in [1.807, 2.05) is 24.3 Å². The van der Waals surface area contributed by atoms with Crippen molar-refractivity contribution in [1.82, 2.24) is 0 Å². The van der Waals surface area contributed by atoms with Crippen molar-refractivity contribution in [3.05, 3.63) is 55.6 Å². The number of para-hydroxylation sites is 1. The molecule has 1 aromatic rings. The van der Waals surface area contributed by atoms with Gasteiger partial charge in [-0.2, -0.15) is 0 Å². The largest absolute Gasteiger partial charge is 1.00 e. The molecule has 14 heavy (non-hydrogen) atoms. The molecule has 0 heterocycles. The summed E-state index contributed by atoms with van der Waals surface area (Å²) in [4.78, 5) is 2.15. The second-order valence-corrected chi connectivity index (χ2v) is 2.75. The molecule has 0 spiro atoms. The Morgan fingerprint density at radius 1 is 1.29 bits per heavy atom. The van der Waals surface area contributed by atoms with E-state index in [2.05, 4.69) is 36.3 Å². The van der Waals surface area contributed by atoms with Gasteiger partial charge in [0.15, 0.2) is 0 Å². The van der Waals surface area contributed by atoms with Gasteiger partial charge in [-0.1, -0.05) is 24.3 Å². The van der Waals surface area contributed by atoms with Crippen LogP contribution in [0.15, 0.2) is 49.6 Å². The molecule has 0 aromatic heterocycles. The molecule has 0 N–H and O–H groups in total. The molecule has 0 amide bonds. The molecule has 1 rings (SSSR count). The average Bonchev–Trinajstić information content (AvgIpc) is 2.19. The molecule has 0 aliphatic carbocycles. The van der Waals surface area contributed by atoms with Crippen LogP contribution < -0.4 is 23.8 Å². The van der Waals surface area contributed by atoms with Gasteiger partial charge in [-0.05, 0) is 12.1 Å². The van der Waals surface area contributed by atoms with Gasteiger partial charge in [-0.25, -0.2) is 0 Å². The van der Waals surface area contributed by atoms with Crippen LogP contribution in [0, 0.1) is 6.08 Å². The Kier molecular flexibility index (Phi) is 7.01. The van der Waals surface area contributed by atoms with E-state index in [1.54, 1.807) is 0 Å². The van der Waals surface area contributed by atoms with E-state index in [0.29, 0.717) is 0 Å². The van der Waals surface area contributed by atoms with Crippen LogP contribution in [0.5, 0.6) is 0 Å². The molecule has 0 fully saturated rings. The van der Waals surface area contributed by atoms with E-state index in [4.69, 9.17) is 0 Å². The number of anilines is 1. The minimum Gasteiger partial charge on any atom is -0.484 e. The molecular weight excluding hydrogens is 165 g/mol. The summed E-state index contributed by atoms with van der Waals surface area (Å²) < 4.78 is 0. The molecule has 0 atom stereocenters. The van der Waals surface area contributed by atoms with Crippen molar-refractivity contribution in [3.8, 4) is 0 Å². The third kappa shape index (κ3) is 3.87. The molecule has 1 aromatic carbocycles. The summed E-state index contributed by atoms with van der Waals surface area (Å²) in [6.45, 7) is 8.88. The summed E-state index contributed by atoms with van der Waals surface area (Å²) in [6.07, 6.45) is 4.76. The Morgan fingerprint density at radius 3 is 2.43 bits per heavy atom. The maximum absolute atomic E-state index is 3.72. The Balaban J connectivity index is 0.00000169. The molecule has 1 nitrogen and oxygen atoms in total. The van der Waals surface area contributed by atoms with E-state index in [0.717, 1.165) is 13.1 Å². The summed E-state index contributed by atoms with van der Waals surface area (Å²) in [7, 11) is 0. The zero-order valence-electron chi connectivity index (χ0n) is 8.74. The SMILES string of the molecule is C=[C-]CN(CC=C)c1ccccc1.[Li+]. The van der Waals surface area contributed by atoms with Gasteiger partial charge in [0.1, 0.15) is 0 Å². The van der Waals surface area contributed by atoms with Crippen LogP contribution in [0.25, 0.3) is 0 Å². The minimum absolute atomic E-state index is 0. The third-order valence-electron chi connectivity index (χ3n) is 1.77. The zero-order chi connectivity index (χ0) is 9.52. The summed E-state index contributed by atoms with van der Waals surface area (Å²) >= 11 is 0. The van der Waals surface area contributed by atoms with E-state index in [-0.39, 0.29) is 18.9 Å². The Labute approximate surface area is 98.3 Å². The van der Waals surface area contributed by atoms with Crippen LogP contribution in [0.1, 0.15) is 0 Å². The molecule has 0 unspecified atom stereocenters. The summed E-state index contributed by atoms with van der Waals surface area (Å²) in [5.74, 6) is 0. The Morgan fingerprint density at radius 2 is 1.93 bits per heavy atom. The number of nitrogens with zero attached hydrogens (tertiary/aromatic N) is 1. The first-order valence-electron chi connectivity index (χ1n) is 4.29.